The molecule has 1 rings (SSSR count). The Labute approximate surface area is 55.4 Å². The van der Waals surface area contributed by atoms with Gasteiger partial charge in [0.15, 0.2) is 6.34 Å². The number of quaternary nitrogens is 1. The van der Waals surface area contributed by atoms with Crippen molar-refractivity contribution in [3.63, 3.8) is 0 Å². The van der Waals surface area contributed by atoms with E-state index in [2.05, 4.69) is 18.5 Å². The lowest BCUT2D eigenvalue weighted by Crippen LogP contribution is -2.32. The predicted molar refractivity (Wildman–Crippen MR) is 38.6 cm³/mol. The van der Waals surface area contributed by atoms with Crippen molar-refractivity contribution in [1.29, 1.82) is 0 Å². The second-order valence-electron chi connectivity index (χ2n) is 2.06. The van der Waals surface area contributed by atoms with Crippen molar-refractivity contribution in [1.82, 2.24) is 0 Å². The first kappa shape index (κ1) is 6.23. The van der Waals surface area contributed by atoms with Gasteiger partial charge in [-0.3, -0.25) is 0 Å². The molecule has 2 heteroatoms. The zero-order valence-corrected chi connectivity index (χ0v) is 5.62. The molecule has 0 saturated heterocycles. The highest BCUT2D eigenvalue weighted by atomic mass is 15.4. The molecule has 1 aliphatic heterocycles. The van der Waals surface area contributed by atoms with Gasteiger partial charge in [-0.05, 0) is 13.5 Å². The molecule has 0 amide bonds. The summed E-state index contributed by atoms with van der Waals surface area (Å²) >= 11 is 0. The van der Waals surface area contributed by atoms with Crippen molar-refractivity contribution in [2.75, 3.05) is 6.54 Å². The van der Waals surface area contributed by atoms with Gasteiger partial charge >= 0.3 is 0 Å². The van der Waals surface area contributed by atoms with Gasteiger partial charge in [0, 0.05) is 0 Å². The van der Waals surface area contributed by atoms with Crippen molar-refractivity contribution in [3.05, 3.63) is 25.2 Å². The summed E-state index contributed by atoms with van der Waals surface area (Å²) in [7, 11) is 0. The van der Waals surface area contributed by atoms with Crippen LogP contribution in [0, 0.1) is 0 Å². The summed E-state index contributed by atoms with van der Waals surface area (Å²) in [6.45, 7) is 6.81. The molecule has 0 aromatic rings. The van der Waals surface area contributed by atoms with Crippen LogP contribution >= 0.6 is 0 Å². The average molecular weight is 123 g/mol. The van der Waals surface area contributed by atoms with E-state index in [1.54, 1.807) is 6.20 Å². The fourth-order valence-corrected chi connectivity index (χ4v) is 0.788. The summed E-state index contributed by atoms with van der Waals surface area (Å²) in [6, 6.07) is 0. The Kier molecular flexibility index (Phi) is 1.49. The van der Waals surface area contributed by atoms with Gasteiger partial charge < -0.3 is 0 Å². The molecule has 0 bridgehead atoms. The van der Waals surface area contributed by atoms with E-state index in [1.165, 1.54) is 0 Å². The monoisotopic (exact) mass is 123 g/mol. The van der Waals surface area contributed by atoms with E-state index in [-0.39, 0.29) is 0 Å². The molecule has 1 unspecified atom stereocenters. The molecular formula is C7H11N2+. The van der Waals surface area contributed by atoms with Crippen molar-refractivity contribution in [2.24, 2.45) is 4.99 Å². The Morgan fingerprint density at radius 3 is 2.78 bits per heavy atom. The van der Waals surface area contributed by atoms with Gasteiger partial charge in [-0.15, -0.1) is 0 Å². The van der Waals surface area contributed by atoms with Crippen LogP contribution in [0.3, 0.4) is 0 Å². The Balaban J connectivity index is 2.81. The lowest BCUT2D eigenvalue weighted by Gasteiger charge is -2.18. The van der Waals surface area contributed by atoms with Crippen molar-refractivity contribution in [3.8, 4) is 0 Å². The maximum absolute atomic E-state index is 3.97. The standard InChI is InChI=1S/C7H11N2/c1-3-9(4-2)6-5-8-7-9/h3,5-7H,1,4H2,2H3/q+1. The van der Waals surface area contributed by atoms with Gasteiger partial charge in [-0.1, -0.05) is 0 Å². The molecule has 0 fully saturated rings. The average Bonchev–Trinajstić information content (AvgIpc) is 2.36. The number of hydrogen-bond donors (Lipinski definition) is 0. The minimum Gasteiger partial charge on any atom is -0.228 e. The maximum atomic E-state index is 3.97. The van der Waals surface area contributed by atoms with Crippen molar-refractivity contribution >= 4 is 6.34 Å². The quantitative estimate of drug-likeness (QED) is 0.493. The van der Waals surface area contributed by atoms with Gasteiger partial charge in [-0.25, -0.2) is 9.48 Å². The van der Waals surface area contributed by atoms with Gasteiger partial charge in [0.2, 0.25) is 0 Å². The van der Waals surface area contributed by atoms with Crippen molar-refractivity contribution in [2.45, 2.75) is 6.92 Å². The Bertz CT molecular complexity index is 156. The Morgan fingerprint density at radius 2 is 2.56 bits per heavy atom. The van der Waals surface area contributed by atoms with E-state index in [9.17, 15) is 0 Å². The van der Waals surface area contributed by atoms with Crippen LogP contribution in [0.15, 0.2) is 30.2 Å². The summed E-state index contributed by atoms with van der Waals surface area (Å²) in [5, 5.41) is 0. The molecule has 0 aliphatic carbocycles. The minimum absolute atomic E-state index is 0.681. The van der Waals surface area contributed by atoms with Gasteiger partial charge in [-0.2, -0.15) is 0 Å². The Hall–Kier alpha value is -0.890. The zero-order chi connectivity index (χ0) is 6.74. The molecular weight excluding hydrogens is 112 g/mol. The number of aliphatic imine (C=N–C) groups is 1. The van der Waals surface area contributed by atoms with E-state index < -0.39 is 0 Å². The first-order chi connectivity index (χ1) is 4.33. The van der Waals surface area contributed by atoms with Gasteiger partial charge in [0.1, 0.15) is 6.20 Å². The molecule has 1 atom stereocenters. The summed E-state index contributed by atoms with van der Waals surface area (Å²) in [6.07, 6.45) is 7.54. The van der Waals surface area contributed by atoms with Crippen LogP contribution in [0.5, 0.6) is 0 Å². The summed E-state index contributed by atoms with van der Waals surface area (Å²) in [5.74, 6) is 0. The molecule has 0 N–H and O–H groups in total. The Morgan fingerprint density at radius 1 is 1.78 bits per heavy atom. The zero-order valence-electron chi connectivity index (χ0n) is 5.62. The molecule has 1 heterocycles. The van der Waals surface area contributed by atoms with Crippen LogP contribution in [0.1, 0.15) is 6.92 Å². The summed E-state index contributed by atoms with van der Waals surface area (Å²) in [5.41, 5.74) is 0. The third kappa shape index (κ3) is 0.933. The molecule has 0 spiro atoms. The van der Waals surface area contributed by atoms with Crippen LogP contribution in [-0.2, 0) is 0 Å². The first-order valence-corrected chi connectivity index (χ1v) is 3.06. The molecule has 0 saturated carbocycles. The maximum Gasteiger partial charge on any atom is 0.199 e. The third-order valence-corrected chi connectivity index (χ3v) is 1.60. The molecule has 1 aliphatic rings. The van der Waals surface area contributed by atoms with Crippen molar-refractivity contribution < 1.29 is 4.48 Å². The highest BCUT2D eigenvalue weighted by Crippen LogP contribution is 2.09. The molecule has 48 valence electrons. The molecule has 0 aromatic carbocycles. The molecule has 0 radical (unpaired) electrons. The van der Waals surface area contributed by atoms with E-state index in [0.717, 1.165) is 6.54 Å². The second-order valence-corrected chi connectivity index (χ2v) is 2.06. The topological polar surface area (TPSA) is 12.4 Å². The lowest BCUT2D eigenvalue weighted by molar-refractivity contribution is -0.718. The molecule has 2 nitrogen and oxygen atoms in total. The van der Waals surface area contributed by atoms with Crippen LogP contribution in [0.2, 0.25) is 0 Å². The predicted octanol–water partition coefficient (Wildman–Crippen LogP) is 1.48. The third-order valence-electron chi connectivity index (χ3n) is 1.60. The van der Waals surface area contributed by atoms with Gasteiger partial charge in [0.05, 0.1) is 18.9 Å². The SMILES string of the molecule is C=C[N+]1(CC)C=CN=C1. The van der Waals surface area contributed by atoms with Gasteiger partial charge in [0.25, 0.3) is 0 Å². The fraction of sp³-hybridized carbons (Fsp3) is 0.286. The summed E-state index contributed by atoms with van der Waals surface area (Å²) in [4.78, 5) is 3.97. The lowest BCUT2D eigenvalue weighted by atomic mass is 10.5. The van der Waals surface area contributed by atoms with Crippen LogP contribution in [-0.4, -0.2) is 17.4 Å². The van der Waals surface area contributed by atoms with E-state index in [1.807, 2.05) is 18.7 Å². The number of nitrogens with zero attached hydrogens (tertiary/aromatic N) is 2. The number of hydrogen-bond acceptors (Lipinski definition) is 1. The normalized spacial score (nSPS) is 31.2. The largest absolute Gasteiger partial charge is 0.228 e. The van der Waals surface area contributed by atoms with Crippen LogP contribution in [0.25, 0.3) is 0 Å². The number of rotatable bonds is 2. The highest BCUT2D eigenvalue weighted by molar-refractivity contribution is 5.51. The van der Waals surface area contributed by atoms with Crippen LogP contribution < -0.4 is 0 Å². The second kappa shape index (κ2) is 2.15. The highest BCUT2D eigenvalue weighted by Gasteiger charge is 2.18. The minimum atomic E-state index is 0.681. The van der Waals surface area contributed by atoms with E-state index in [0.29, 0.717) is 4.48 Å². The fourth-order valence-electron chi connectivity index (χ4n) is 0.788. The molecule has 0 aromatic heterocycles. The van der Waals surface area contributed by atoms with E-state index in [4.69, 9.17) is 0 Å². The smallest absolute Gasteiger partial charge is 0.199 e. The molecule has 9 heavy (non-hydrogen) atoms. The summed E-state index contributed by atoms with van der Waals surface area (Å²) < 4.78 is 0.681. The van der Waals surface area contributed by atoms with E-state index >= 15 is 0 Å². The first-order valence-electron chi connectivity index (χ1n) is 3.06. The van der Waals surface area contributed by atoms with Crippen LogP contribution in [0.4, 0.5) is 0 Å².